The van der Waals surface area contributed by atoms with Crippen LogP contribution in [0.25, 0.3) is 0 Å². The van der Waals surface area contributed by atoms with Gasteiger partial charge in [0.15, 0.2) is 0 Å². The monoisotopic (exact) mass is 598 g/mol. The van der Waals surface area contributed by atoms with Crippen LogP contribution in [0.2, 0.25) is 0 Å². The maximum Gasteiger partial charge on any atom is 0.414 e. The molecule has 0 bridgehead atoms. The maximum atomic E-state index is 13.7. The summed E-state index contributed by atoms with van der Waals surface area (Å²) < 4.78 is 32.6. The first-order chi connectivity index (χ1) is 18.0. The van der Waals surface area contributed by atoms with Gasteiger partial charge in [0.25, 0.3) is 0 Å². The van der Waals surface area contributed by atoms with E-state index in [-0.39, 0.29) is 53.4 Å². The van der Waals surface area contributed by atoms with Gasteiger partial charge in [-0.25, -0.2) is 13.6 Å². The molecule has 2 aromatic carbocycles. The predicted molar refractivity (Wildman–Crippen MR) is 162 cm³/mol. The summed E-state index contributed by atoms with van der Waals surface area (Å²) in [6, 6.07) is 9.84. The Balaban J connectivity index is 0.000000219. The van der Waals surface area contributed by atoms with Gasteiger partial charge >= 0.3 is 6.09 Å². The van der Waals surface area contributed by atoms with Gasteiger partial charge in [-0.3, -0.25) is 4.90 Å². The first-order valence-electron chi connectivity index (χ1n) is 13.7. The molecule has 2 N–H and O–H groups in total. The molecule has 0 aromatic heterocycles. The third-order valence-electron chi connectivity index (χ3n) is 8.57. The predicted octanol–water partition coefficient (Wildman–Crippen LogP) is 6.26. The third-order valence-corrected chi connectivity index (χ3v) is 8.57. The van der Waals surface area contributed by atoms with Gasteiger partial charge in [-0.05, 0) is 127 Å². The molecule has 0 unspecified atom stereocenters. The van der Waals surface area contributed by atoms with E-state index in [1.807, 2.05) is 26.8 Å². The summed E-state index contributed by atoms with van der Waals surface area (Å²) in [5.41, 5.74) is 3.55. The lowest BCUT2D eigenvalue weighted by Gasteiger charge is -2.37. The number of rotatable bonds is 0. The molecule has 40 heavy (non-hydrogen) atoms. The molecule has 6 nitrogen and oxygen atoms in total. The molecule has 4 aliphatic rings. The molecule has 2 spiro atoms. The second-order valence-corrected chi connectivity index (χ2v) is 12.4. The van der Waals surface area contributed by atoms with E-state index in [2.05, 4.69) is 22.6 Å². The van der Waals surface area contributed by atoms with Gasteiger partial charge in [0.05, 0.1) is 5.69 Å². The van der Waals surface area contributed by atoms with Gasteiger partial charge in [0.1, 0.15) is 17.2 Å². The first kappa shape index (κ1) is 32.4. The number of hydrogen-bond acceptors (Lipinski definition) is 5. The second-order valence-electron chi connectivity index (χ2n) is 12.4. The average molecular weight is 600 g/mol. The summed E-state index contributed by atoms with van der Waals surface area (Å²) in [6.07, 6.45) is 3.72. The molecule has 10 heteroatoms. The van der Waals surface area contributed by atoms with Gasteiger partial charge in [0.2, 0.25) is 0 Å². The van der Waals surface area contributed by atoms with Crippen molar-refractivity contribution in [3.63, 3.8) is 0 Å². The molecule has 0 radical (unpaired) electrons. The average Bonchev–Trinajstić information content (AvgIpc) is 3.37. The molecule has 0 aliphatic carbocycles. The van der Waals surface area contributed by atoms with Crippen molar-refractivity contribution in [3.8, 4) is 0 Å². The number of hydrogen-bond donors (Lipinski definition) is 2. The fraction of sp³-hybridized carbons (Fsp3) is 0.567. The fourth-order valence-electron chi connectivity index (χ4n) is 6.42. The summed E-state index contributed by atoms with van der Waals surface area (Å²) in [4.78, 5) is 16.6. The fourth-order valence-corrected chi connectivity index (χ4v) is 6.42. The van der Waals surface area contributed by atoms with Crippen LogP contribution in [-0.2, 0) is 15.6 Å². The number of likely N-dealkylation sites (tertiary alicyclic amines) is 1. The van der Waals surface area contributed by atoms with E-state index < -0.39 is 5.60 Å². The molecule has 0 atom stereocenters. The van der Waals surface area contributed by atoms with Crippen LogP contribution in [0, 0.1) is 11.6 Å². The summed E-state index contributed by atoms with van der Waals surface area (Å²) in [6.45, 7) is 11.1. The van der Waals surface area contributed by atoms with Crippen LogP contribution in [0.1, 0.15) is 57.6 Å². The van der Waals surface area contributed by atoms with Crippen LogP contribution in [0.5, 0.6) is 0 Å². The van der Waals surface area contributed by atoms with Crippen molar-refractivity contribution >= 4 is 42.3 Å². The van der Waals surface area contributed by atoms with Crippen molar-refractivity contribution in [2.24, 2.45) is 0 Å². The topological polar surface area (TPSA) is 56.8 Å². The zero-order chi connectivity index (χ0) is 27.1. The van der Waals surface area contributed by atoms with E-state index >= 15 is 0 Å². The Hall–Kier alpha value is -2.13. The molecule has 0 saturated carbocycles. The first-order valence-corrected chi connectivity index (χ1v) is 13.7. The number of carbonyl (C=O) groups excluding carboxylic acids is 1. The number of benzene rings is 2. The van der Waals surface area contributed by atoms with Crippen molar-refractivity contribution in [2.75, 3.05) is 56.5 Å². The Labute approximate surface area is 249 Å². The van der Waals surface area contributed by atoms with Crippen molar-refractivity contribution in [1.82, 2.24) is 10.2 Å². The van der Waals surface area contributed by atoms with E-state index in [1.54, 1.807) is 29.2 Å². The zero-order valence-corrected chi connectivity index (χ0v) is 25.5. The van der Waals surface area contributed by atoms with Crippen LogP contribution >= 0.6 is 24.8 Å². The van der Waals surface area contributed by atoms with Crippen LogP contribution in [0.3, 0.4) is 0 Å². The molecule has 1 amide bonds. The zero-order valence-electron chi connectivity index (χ0n) is 23.8. The van der Waals surface area contributed by atoms with Crippen LogP contribution in [-0.4, -0.2) is 62.9 Å². The lowest BCUT2D eigenvalue weighted by Crippen LogP contribution is -2.45. The van der Waals surface area contributed by atoms with Crippen molar-refractivity contribution in [1.29, 1.82) is 0 Å². The lowest BCUT2D eigenvalue weighted by molar-refractivity contribution is 0.0575. The highest BCUT2D eigenvalue weighted by atomic mass is 35.5. The van der Waals surface area contributed by atoms with Crippen LogP contribution in [0.4, 0.5) is 25.0 Å². The number of piperidine rings is 2. The molecule has 2 saturated heterocycles. The Morgan fingerprint density at radius 3 is 2.12 bits per heavy atom. The summed E-state index contributed by atoms with van der Waals surface area (Å²) >= 11 is 0. The van der Waals surface area contributed by atoms with E-state index in [4.69, 9.17) is 4.74 Å². The molecule has 4 aliphatic heterocycles. The lowest BCUT2D eigenvalue weighted by atomic mass is 9.74. The minimum Gasteiger partial charge on any atom is -0.443 e. The minimum absolute atomic E-state index is 0. The van der Waals surface area contributed by atoms with Gasteiger partial charge in [-0.15, -0.1) is 24.8 Å². The largest absolute Gasteiger partial charge is 0.443 e. The molecule has 2 fully saturated rings. The second kappa shape index (κ2) is 12.4. The Morgan fingerprint density at radius 2 is 1.50 bits per heavy atom. The van der Waals surface area contributed by atoms with Crippen molar-refractivity contribution < 1.29 is 18.3 Å². The highest BCUT2D eigenvalue weighted by molar-refractivity contribution is 5.91. The van der Waals surface area contributed by atoms with Gasteiger partial charge in [-0.1, -0.05) is 0 Å². The van der Waals surface area contributed by atoms with Gasteiger partial charge in [0, 0.05) is 29.6 Å². The summed E-state index contributed by atoms with van der Waals surface area (Å²) in [5, 5.41) is 6.75. The third kappa shape index (κ3) is 6.51. The molecule has 6 rings (SSSR count). The highest BCUT2D eigenvalue weighted by Gasteiger charge is 2.46. The maximum absolute atomic E-state index is 13.7. The number of ether oxygens (including phenoxy) is 1. The number of amides is 1. The quantitative estimate of drug-likeness (QED) is 0.375. The standard InChI is InChI=1S/C17H23FN2O2.C13H17FN2.2ClH/c1-16(2,3)22-15(21)20-11-17(6-8-19-9-7-17)13-10-12(18)4-5-14(13)20;1-16-6-4-13(5-7-16)9-15-12-3-2-10(14)8-11(12)13;;/h4-5,10,19H,6-9,11H2,1-3H3;2-3,8,15H,4-7,9H2,1H3;2*1H. The number of nitrogens with one attached hydrogen (secondary N) is 2. The van der Waals surface area contributed by atoms with E-state index in [9.17, 15) is 13.6 Å². The minimum atomic E-state index is -0.541. The van der Waals surface area contributed by atoms with E-state index in [0.29, 0.717) is 6.54 Å². The van der Waals surface area contributed by atoms with Crippen molar-refractivity contribution in [2.45, 2.75) is 62.9 Å². The smallest absolute Gasteiger partial charge is 0.414 e. The number of halogens is 4. The molecular weight excluding hydrogens is 557 g/mol. The Bertz CT molecular complexity index is 1190. The van der Waals surface area contributed by atoms with Crippen LogP contribution in [0.15, 0.2) is 36.4 Å². The van der Waals surface area contributed by atoms with Crippen LogP contribution < -0.4 is 15.5 Å². The molecule has 4 heterocycles. The SMILES string of the molecule is CC(C)(C)OC(=O)N1CC2(CCNCC2)c2cc(F)ccc21.CN1CCC2(CC1)CNc1ccc(F)cc12.Cl.Cl. The summed E-state index contributed by atoms with van der Waals surface area (Å²) in [7, 11) is 2.15. The van der Waals surface area contributed by atoms with E-state index in [1.165, 1.54) is 11.6 Å². The normalized spacial score (nSPS) is 20.3. The number of fused-ring (bicyclic) bond motifs is 4. The highest BCUT2D eigenvalue weighted by Crippen LogP contribution is 2.47. The van der Waals surface area contributed by atoms with Gasteiger partial charge in [-0.2, -0.15) is 0 Å². The number of anilines is 2. The number of nitrogens with zero attached hydrogens (tertiary/aromatic N) is 2. The van der Waals surface area contributed by atoms with Gasteiger partial charge < -0.3 is 20.3 Å². The molecule has 2 aromatic rings. The van der Waals surface area contributed by atoms with E-state index in [0.717, 1.165) is 75.3 Å². The summed E-state index contributed by atoms with van der Waals surface area (Å²) in [5.74, 6) is -0.358. The molecule has 222 valence electrons. The Morgan fingerprint density at radius 1 is 0.900 bits per heavy atom. The number of carbonyl (C=O) groups is 1. The van der Waals surface area contributed by atoms with Crippen molar-refractivity contribution in [3.05, 3.63) is 59.2 Å². The molecular formula is C30H42Cl2F2N4O2. The Kier molecular flexibility index (Phi) is 10.0.